The Balaban J connectivity index is 0.709. The lowest BCUT2D eigenvalue weighted by atomic mass is 9.81. The predicted molar refractivity (Wildman–Crippen MR) is 294 cm³/mol. The summed E-state index contributed by atoms with van der Waals surface area (Å²) in [5, 5.41) is 89.2. The Kier molecular flexibility index (Phi) is 20.2. The van der Waals surface area contributed by atoms with Crippen molar-refractivity contribution in [2.45, 2.75) is 270 Å². The standard InChI is InChI=1S/C57H80Cl2O32/c1-18-32(35(65)34(59)36(66)33(18)58)50(69)83-39-19(2)76-30(12-26(39)63)81-40-21(4)86-55(13-27(40)64)90-47-22(5)77-31(14-54(47,9)91-55)82-44-38(68)51(78-20(3)41(44)71-10)84-42-28(15-60)80-53(45(72-11)37(42)67)85-52-46(79-25(8)62)43-29(16-73-52)88-57(89-43)49-48(74-17-75-49)56(70,23(6)61)24(7)87-57/h19-22,24,26-31,37-49,51-53,60,63-68,70H,12-17H2,1-11H3/t19-,20-,21-,22-,24-,26-,27-,28-,29+,30+,31+,37+,38-,39-,40-,41+,42-,43-,44-,45+,46-,47-,48-,49-,51+,52-,53+,54-,55?,56+,57-/m1/s1. The SMILES string of the molecule is CO[C@@H]1[C@H](O[C@H]2OC[C@@H]3O[C@]4(O[C@H]3[C@H]2OC(C)=O)O[C@H](C)[C@@](O)(C(C)=O)[C@@H]2OCO[C@H]24)O[C@H](CO)[C@@H](O[C@@H]2O[C@H](C)[C@H](OC)[C@H](O[C@H]3C[C@@]4(C)OC5(C[C@@H](O)[C@H](O[C@H]6C[C@@H](O)[C@H](OC(=O)c7c(C)c(Cl)c(O)c(Cl)c7O)[C@@H](C)O6)[C@@H](C)O5)O[C@@H]4[C@@H](C)O3)[C@H]2O)[C@@H]1O. The van der Waals surface area contributed by atoms with E-state index in [-0.39, 0.29) is 43.2 Å². The van der Waals surface area contributed by atoms with Crippen molar-refractivity contribution in [3.05, 3.63) is 21.2 Å². The van der Waals surface area contributed by atoms with E-state index in [1.54, 1.807) is 27.7 Å². The Hall–Kier alpha value is -2.99. The molecular weight excluding hydrogens is 1270 g/mol. The number of aliphatic hydroxyl groups excluding tert-OH is 5. The van der Waals surface area contributed by atoms with E-state index in [1.165, 1.54) is 41.9 Å². The number of aliphatic hydroxyl groups is 6. The number of ether oxygens (including phenoxy) is 21. The van der Waals surface area contributed by atoms with Crippen LogP contribution in [0.4, 0.5) is 0 Å². The Morgan fingerprint density at radius 3 is 1.97 bits per heavy atom. The van der Waals surface area contributed by atoms with Crippen molar-refractivity contribution >= 4 is 40.9 Å². The summed E-state index contributed by atoms with van der Waals surface area (Å²) in [6, 6.07) is 0. The number of carbonyl (C=O) groups excluding carboxylic acids is 3. The number of Topliss-reactive ketones (excluding diaryl/α,β-unsaturated/α-hetero) is 1. The van der Waals surface area contributed by atoms with Crippen molar-refractivity contribution in [3.63, 3.8) is 0 Å². The van der Waals surface area contributed by atoms with Gasteiger partial charge < -0.3 is 140 Å². The van der Waals surface area contributed by atoms with Gasteiger partial charge in [-0.2, -0.15) is 0 Å². The third-order valence-corrected chi connectivity index (χ3v) is 19.5. The van der Waals surface area contributed by atoms with E-state index in [1.807, 2.05) is 0 Å². The van der Waals surface area contributed by atoms with Crippen molar-refractivity contribution < 1.29 is 155 Å². The zero-order valence-corrected chi connectivity index (χ0v) is 53.0. The largest absolute Gasteiger partial charge is 0.505 e. The van der Waals surface area contributed by atoms with Crippen molar-refractivity contribution in [3.8, 4) is 11.5 Å². The van der Waals surface area contributed by atoms with E-state index in [2.05, 4.69) is 0 Å². The molecule has 2 spiro atoms. The van der Waals surface area contributed by atoms with Gasteiger partial charge in [0.1, 0.15) is 96.2 Å². The van der Waals surface area contributed by atoms with Gasteiger partial charge in [-0.15, -0.1) is 0 Å². The maximum Gasteiger partial charge on any atom is 0.342 e. The summed E-state index contributed by atoms with van der Waals surface area (Å²) in [6.45, 7) is 12.0. The molecule has 0 aliphatic carbocycles. The Morgan fingerprint density at radius 2 is 1.31 bits per heavy atom. The first-order valence-electron chi connectivity index (χ1n) is 30.0. The number of benzene rings is 1. The van der Waals surface area contributed by atoms with Crippen molar-refractivity contribution in [1.29, 1.82) is 0 Å². The lowest BCUT2D eigenvalue weighted by Crippen LogP contribution is -2.72. The summed E-state index contributed by atoms with van der Waals surface area (Å²) in [4.78, 5) is 38.7. The molecule has 31 atom stereocenters. The van der Waals surface area contributed by atoms with Gasteiger partial charge in [-0.3, -0.25) is 9.59 Å². The van der Waals surface area contributed by atoms with E-state index >= 15 is 0 Å². The fraction of sp³-hybridized carbons (Fsp3) is 0.842. The molecule has 91 heavy (non-hydrogen) atoms. The van der Waals surface area contributed by atoms with E-state index in [9.17, 15) is 55.2 Å². The third kappa shape index (κ3) is 12.4. The average molecular weight is 1350 g/mol. The van der Waals surface area contributed by atoms with Crippen molar-refractivity contribution in [2.24, 2.45) is 0 Å². The van der Waals surface area contributed by atoms with Crippen LogP contribution in [0.3, 0.4) is 0 Å². The van der Waals surface area contributed by atoms with Gasteiger partial charge in [0.05, 0.1) is 67.4 Å². The number of hydrogen-bond donors (Lipinski definition) is 8. The highest BCUT2D eigenvalue weighted by Crippen LogP contribution is 2.53. The van der Waals surface area contributed by atoms with Crippen LogP contribution in [0.1, 0.15) is 90.6 Å². The molecule has 1 aromatic carbocycles. The predicted octanol–water partition coefficient (Wildman–Crippen LogP) is -0.541. The molecule has 10 saturated heterocycles. The van der Waals surface area contributed by atoms with Crippen LogP contribution >= 0.6 is 23.2 Å². The second kappa shape index (κ2) is 26.4. The second-order valence-corrected chi connectivity index (χ2v) is 25.5. The minimum Gasteiger partial charge on any atom is -0.505 e. The van der Waals surface area contributed by atoms with Crippen LogP contribution < -0.4 is 0 Å². The van der Waals surface area contributed by atoms with Gasteiger partial charge in [0.15, 0.2) is 66.4 Å². The minimum absolute atomic E-state index is 0.0101. The Bertz CT molecular complexity index is 2770. The highest BCUT2D eigenvalue weighted by atomic mass is 35.5. The molecule has 1 aromatic rings. The summed E-state index contributed by atoms with van der Waals surface area (Å²) in [5.41, 5.74) is -3.77. The van der Waals surface area contributed by atoms with Crippen LogP contribution in [-0.2, 0) is 109 Å². The first-order chi connectivity index (χ1) is 42.9. The monoisotopic (exact) mass is 1350 g/mol. The number of halogens is 2. The smallest absolute Gasteiger partial charge is 0.342 e. The lowest BCUT2D eigenvalue weighted by Gasteiger charge is -2.49. The molecule has 0 aromatic heterocycles. The van der Waals surface area contributed by atoms with Gasteiger partial charge in [0, 0.05) is 34.0 Å². The molecule has 0 amide bonds. The zero-order chi connectivity index (χ0) is 65.9. The molecule has 10 fully saturated rings. The fourth-order valence-electron chi connectivity index (χ4n) is 14.2. The maximum absolute atomic E-state index is 13.3. The summed E-state index contributed by atoms with van der Waals surface area (Å²) in [7, 11) is 2.63. The number of carbonyl (C=O) groups is 3. The van der Waals surface area contributed by atoms with Gasteiger partial charge in [0.2, 0.25) is 6.29 Å². The highest BCUT2D eigenvalue weighted by molar-refractivity contribution is 6.39. The normalized spacial score (nSPS) is 48.8. The van der Waals surface area contributed by atoms with Gasteiger partial charge >= 0.3 is 17.9 Å². The summed E-state index contributed by atoms with van der Waals surface area (Å²) < 4.78 is 129. The molecule has 11 rings (SSSR count). The Morgan fingerprint density at radius 1 is 0.626 bits per heavy atom. The fourth-order valence-corrected chi connectivity index (χ4v) is 14.6. The number of phenolic OH excluding ortho intramolecular Hbond substituents is 2. The number of aromatic hydroxyl groups is 2. The first kappa shape index (κ1) is 69.4. The molecule has 10 aliphatic heterocycles. The number of methoxy groups -OCH3 is 2. The number of fused-ring (bicyclic) bond motifs is 4. The molecule has 1 unspecified atom stereocenters. The van der Waals surface area contributed by atoms with Gasteiger partial charge in [-0.25, -0.2) is 4.79 Å². The molecule has 10 heterocycles. The van der Waals surface area contributed by atoms with E-state index in [0.29, 0.717) is 0 Å². The van der Waals surface area contributed by atoms with Crippen LogP contribution in [-0.4, -0.2) is 282 Å². The van der Waals surface area contributed by atoms with Crippen molar-refractivity contribution in [2.75, 3.05) is 34.2 Å². The summed E-state index contributed by atoms with van der Waals surface area (Å²) >= 11 is 12.1. The molecule has 0 bridgehead atoms. The van der Waals surface area contributed by atoms with Gasteiger partial charge in [0.25, 0.3) is 5.97 Å². The van der Waals surface area contributed by atoms with Crippen molar-refractivity contribution in [1.82, 2.24) is 0 Å². The van der Waals surface area contributed by atoms with Crippen LogP contribution in [0.15, 0.2) is 0 Å². The average Bonchev–Trinajstić information content (AvgIpc) is 1.47. The highest BCUT2D eigenvalue weighted by Gasteiger charge is 2.73. The summed E-state index contributed by atoms with van der Waals surface area (Å²) in [5.74, 6) is -7.81. The van der Waals surface area contributed by atoms with Gasteiger partial charge in [-0.1, -0.05) is 23.2 Å². The third-order valence-electron chi connectivity index (χ3n) is 18.6. The number of phenols is 2. The number of ketones is 1. The quantitative estimate of drug-likeness (QED) is 0.102. The molecule has 514 valence electrons. The first-order valence-corrected chi connectivity index (χ1v) is 30.8. The molecule has 0 radical (unpaired) electrons. The van der Waals surface area contributed by atoms with Crippen LogP contribution in [0.25, 0.3) is 0 Å². The second-order valence-electron chi connectivity index (χ2n) is 24.8. The lowest BCUT2D eigenvalue weighted by molar-refractivity contribution is -0.428. The molecule has 8 N–H and O–H groups in total. The molecule has 10 aliphatic rings. The topological polar surface area (TPSA) is 407 Å². The van der Waals surface area contributed by atoms with E-state index in [0.717, 1.165) is 6.92 Å². The van der Waals surface area contributed by atoms with Crippen LogP contribution in [0, 0.1) is 6.92 Å². The number of rotatable bonds is 15. The summed E-state index contributed by atoms with van der Waals surface area (Å²) in [6.07, 6.45) is -34.1. The minimum atomic E-state index is -2.13. The van der Waals surface area contributed by atoms with E-state index < -0.39 is 235 Å². The molecule has 0 saturated carbocycles. The molecule has 34 heteroatoms. The number of esters is 2. The molecule has 32 nitrogen and oxygen atoms in total. The number of hydrogen-bond acceptors (Lipinski definition) is 32. The van der Waals surface area contributed by atoms with E-state index in [4.69, 9.17) is 123 Å². The van der Waals surface area contributed by atoms with Crippen LogP contribution in [0.2, 0.25) is 10.0 Å². The van der Waals surface area contributed by atoms with Crippen LogP contribution in [0.5, 0.6) is 11.5 Å². The molecular formula is C57H80Cl2O32. The maximum atomic E-state index is 13.3. The zero-order valence-electron chi connectivity index (χ0n) is 51.5. The Labute approximate surface area is 531 Å². The van der Waals surface area contributed by atoms with Gasteiger partial charge in [-0.05, 0) is 61.0 Å².